The highest BCUT2D eigenvalue weighted by molar-refractivity contribution is 5.20. The molecule has 3 nitrogen and oxygen atoms in total. The minimum Gasteiger partial charge on any atom is -0.374 e. The molecule has 0 heterocycles. The summed E-state index contributed by atoms with van der Waals surface area (Å²) in [4.78, 5) is 0. The Hall–Kier alpha value is -1.37. The molecule has 0 aliphatic carbocycles. The summed E-state index contributed by atoms with van der Waals surface area (Å²) in [6.07, 6.45) is 0. The van der Waals surface area contributed by atoms with Gasteiger partial charge in [-0.3, -0.25) is 0 Å². The van der Waals surface area contributed by atoms with Gasteiger partial charge < -0.3 is 10.5 Å². The van der Waals surface area contributed by atoms with Gasteiger partial charge in [0.25, 0.3) is 0 Å². The molecular formula is C11H14N2O. The summed E-state index contributed by atoms with van der Waals surface area (Å²) in [7, 11) is 0. The molecule has 1 rings (SSSR count). The van der Waals surface area contributed by atoms with Crippen LogP contribution < -0.4 is 5.73 Å². The first-order chi connectivity index (χ1) is 6.72. The zero-order chi connectivity index (χ0) is 10.4. The second kappa shape index (κ2) is 5.38. The molecule has 74 valence electrons. The summed E-state index contributed by atoms with van der Waals surface area (Å²) in [6.45, 7) is 2.83. The van der Waals surface area contributed by atoms with Gasteiger partial charge in [0, 0.05) is 0 Å². The lowest BCUT2D eigenvalue weighted by Crippen LogP contribution is -2.23. The van der Waals surface area contributed by atoms with E-state index >= 15 is 0 Å². The number of hydrogen-bond acceptors (Lipinski definition) is 3. The van der Waals surface area contributed by atoms with E-state index in [-0.39, 0.29) is 6.61 Å². The van der Waals surface area contributed by atoms with Crippen LogP contribution >= 0.6 is 0 Å². The second-order valence-electron chi connectivity index (χ2n) is 3.24. The van der Waals surface area contributed by atoms with Gasteiger partial charge >= 0.3 is 0 Å². The average Bonchev–Trinajstić information content (AvgIpc) is 2.21. The summed E-state index contributed by atoms with van der Waals surface area (Å²) in [6, 6.07) is 9.46. The first-order valence-corrected chi connectivity index (χ1v) is 4.51. The fourth-order valence-electron chi connectivity index (χ4n) is 1.03. The first-order valence-electron chi connectivity index (χ1n) is 4.51. The highest BCUT2D eigenvalue weighted by atomic mass is 16.5. The van der Waals surface area contributed by atoms with Gasteiger partial charge in [-0.25, -0.2) is 0 Å². The molecule has 0 fully saturated rings. The van der Waals surface area contributed by atoms with E-state index in [1.807, 2.05) is 37.3 Å². The lowest BCUT2D eigenvalue weighted by Gasteiger charge is -2.05. The van der Waals surface area contributed by atoms with E-state index in [0.29, 0.717) is 6.61 Å². The largest absolute Gasteiger partial charge is 0.374 e. The minimum absolute atomic E-state index is 0.282. The molecule has 0 aliphatic rings. The van der Waals surface area contributed by atoms with Crippen molar-refractivity contribution in [3.8, 4) is 6.07 Å². The van der Waals surface area contributed by atoms with E-state index < -0.39 is 6.04 Å². The van der Waals surface area contributed by atoms with Gasteiger partial charge in [0.1, 0.15) is 6.04 Å². The predicted octanol–water partition coefficient (Wildman–Crippen LogP) is 1.36. The van der Waals surface area contributed by atoms with Crippen LogP contribution in [-0.2, 0) is 11.3 Å². The Bertz CT molecular complexity index is 313. The minimum atomic E-state index is -0.527. The van der Waals surface area contributed by atoms with Crippen molar-refractivity contribution in [1.29, 1.82) is 5.26 Å². The van der Waals surface area contributed by atoms with Crippen LogP contribution in [0.5, 0.6) is 0 Å². The zero-order valence-corrected chi connectivity index (χ0v) is 8.23. The maximum Gasteiger partial charge on any atom is 0.116 e. The Labute approximate surface area is 84.1 Å². The number of nitriles is 1. The molecular weight excluding hydrogens is 176 g/mol. The van der Waals surface area contributed by atoms with Crippen LogP contribution in [0.15, 0.2) is 24.3 Å². The van der Waals surface area contributed by atoms with Crippen LogP contribution in [0.4, 0.5) is 0 Å². The van der Waals surface area contributed by atoms with Gasteiger partial charge in [-0.05, 0) is 12.5 Å². The van der Waals surface area contributed by atoms with Gasteiger partial charge in [0.15, 0.2) is 0 Å². The van der Waals surface area contributed by atoms with Gasteiger partial charge in [-0.2, -0.15) is 5.26 Å². The van der Waals surface area contributed by atoms with E-state index in [9.17, 15) is 0 Å². The molecule has 0 amide bonds. The molecule has 0 saturated carbocycles. The van der Waals surface area contributed by atoms with Crippen LogP contribution in [0.2, 0.25) is 0 Å². The highest BCUT2D eigenvalue weighted by Gasteiger charge is 1.99. The van der Waals surface area contributed by atoms with Gasteiger partial charge in [-0.15, -0.1) is 0 Å². The summed E-state index contributed by atoms with van der Waals surface area (Å²) in [5.74, 6) is 0. The van der Waals surface area contributed by atoms with Crippen molar-refractivity contribution in [2.45, 2.75) is 19.6 Å². The molecule has 0 aromatic heterocycles. The number of nitrogens with zero attached hydrogens (tertiary/aromatic N) is 1. The van der Waals surface area contributed by atoms with Crippen molar-refractivity contribution >= 4 is 0 Å². The Kier molecular flexibility index (Phi) is 4.11. The number of nitrogens with two attached hydrogens (primary N) is 1. The fraction of sp³-hybridized carbons (Fsp3) is 0.364. The zero-order valence-electron chi connectivity index (χ0n) is 8.23. The average molecular weight is 190 g/mol. The number of rotatable bonds is 4. The quantitative estimate of drug-likeness (QED) is 0.779. The second-order valence-corrected chi connectivity index (χ2v) is 3.24. The third kappa shape index (κ3) is 3.56. The number of aryl methyl sites for hydroxylation is 1. The topological polar surface area (TPSA) is 59.0 Å². The van der Waals surface area contributed by atoms with Crippen LogP contribution in [0.3, 0.4) is 0 Å². The van der Waals surface area contributed by atoms with E-state index in [1.54, 1.807) is 0 Å². The molecule has 1 aromatic rings. The molecule has 0 bridgehead atoms. The van der Waals surface area contributed by atoms with Crippen molar-refractivity contribution in [2.75, 3.05) is 6.61 Å². The predicted molar refractivity (Wildman–Crippen MR) is 54.4 cm³/mol. The maximum atomic E-state index is 8.41. The number of hydrogen-bond donors (Lipinski definition) is 1. The van der Waals surface area contributed by atoms with E-state index in [4.69, 9.17) is 15.7 Å². The molecule has 1 atom stereocenters. The Morgan fingerprint density at radius 1 is 1.43 bits per heavy atom. The normalized spacial score (nSPS) is 12.1. The van der Waals surface area contributed by atoms with Crippen molar-refractivity contribution < 1.29 is 4.74 Å². The summed E-state index contributed by atoms with van der Waals surface area (Å²) >= 11 is 0. The van der Waals surface area contributed by atoms with Crippen molar-refractivity contribution in [2.24, 2.45) is 5.73 Å². The molecule has 0 unspecified atom stereocenters. The third-order valence-corrected chi connectivity index (χ3v) is 1.85. The van der Waals surface area contributed by atoms with Crippen LogP contribution in [0.1, 0.15) is 11.1 Å². The highest BCUT2D eigenvalue weighted by Crippen LogP contribution is 2.04. The van der Waals surface area contributed by atoms with Crippen molar-refractivity contribution in [3.05, 3.63) is 35.4 Å². The van der Waals surface area contributed by atoms with Crippen molar-refractivity contribution in [3.63, 3.8) is 0 Å². The Morgan fingerprint density at radius 3 is 2.64 bits per heavy atom. The lowest BCUT2D eigenvalue weighted by molar-refractivity contribution is 0.117. The molecule has 0 spiro atoms. The van der Waals surface area contributed by atoms with E-state index in [1.165, 1.54) is 5.56 Å². The van der Waals surface area contributed by atoms with E-state index in [0.717, 1.165) is 5.56 Å². The first kappa shape index (κ1) is 10.7. The smallest absolute Gasteiger partial charge is 0.116 e. The fourth-order valence-corrected chi connectivity index (χ4v) is 1.03. The van der Waals surface area contributed by atoms with Crippen LogP contribution in [0.25, 0.3) is 0 Å². The molecule has 14 heavy (non-hydrogen) atoms. The summed E-state index contributed by atoms with van der Waals surface area (Å²) in [5.41, 5.74) is 7.70. The molecule has 3 heteroatoms. The SMILES string of the molecule is Cc1ccc(COC[C@H](N)C#N)cc1. The van der Waals surface area contributed by atoms with Crippen LogP contribution in [-0.4, -0.2) is 12.6 Å². The standard InChI is InChI=1S/C11H14N2O/c1-9-2-4-10(5-3-9)7-14-8-11(13)6-12/h2-5,11H,7-8,13H2,1H3/t11-/m1/s1. The van der Waals surface area contributed by atoms with Gasteiger partial charge in [0.05, 0.1) is 19.3 Å². The van der Waals surface area contributed by atoms with Gasteiger partial charge in [-0.1, -0.05) is 29.8 Å². The molecule has 0 radical (unpaired) electrons. The molecule has 0 aliphatic heterocycles. The molecule has 1 aromatic carbocycles. The number of ether oxygens (including phenoxy) is 1. The van der Waals surface area contributed by atoms with Crippen molar-refractivity contribution in [1.82, 2.24) is 0 Å². The van der Waals surface area contributed by atoms with Crippen LogP contribution in [0, 0.1) is 18.3 Å². The van der Waals surface area contributed by atoms with Gasteiger partial charge in [0.2, 0.25) is 0 Å². The molecule has 0 saturated heterocycles. The van der Waals surface area contributed by atoms with E-state index in [2.05, 4.69) is 0 Å². The lowest BCUT2D eigenvalue weighted by atomic mass is 10.2. The Morgan fingerprint density at radius 2 is 2.07 bits per heavy atom. The molecule has 2 N–H and O–H groups in total. The summed E-state index contributed by atoms with van der Waals surface area (Å²) in [5, 5.41) is 8.41. The maximum absolute atomic E-state index is 8.41. The summed E-state index contributed by atoms with van der Waals surface area (Å²) < 4.78 is 5.26. The third-order valence-electron chi connectivity index (χ3n) is 1.85. The Balaban J connectivity index is 2.32. The number of benzene rings is 1. The monoisotopic (exact) mass is 190 g/mol.